The summed E-state index contributed by atoms with van der Waals surface area (Å²) in [7, 11) is 2.66. The van der Waals surface area contributed by atoms with Gasteiger partial charge in [0.1, 0.15) is 11.5 Å². The zero-order valence-electron chi connectivity index (χ0n) is 10.8. The quantitative estimate of drug-likeness (QED) is 0.812. The number of oxazole rings is 1. The van der Waals surface area contributed by atoms with Crippen LogP contribution in [0.5, 0.6) is 0 Å². The average Bonchev–Trinajstić information content (AvgIpc) is 2.82. The second kappa shape index (κ2) is 6.02. The van der Waals surface area contributed by atoms with Crippen LogP contribution in [0.2, 0.25) is 5.02 Å². The average molecular weight is 300 g/mol. The molecule has 0 aliphatic rings. The van der Waals surface area contributed by atoms with Crippen molar-refractivity contribution in [1.82, 2.24) is 4.98 Å². The van der Waals surface area contributed by atoms with Crippen molar-refractivity contribution in [2.45, 2.75) is 6.61 Å². The molecule has 0 amide bonds. The number of hydrogen-bond acceptors (Lipinski definition) is 5. The lowest BCUT2D eigenvalue weighted by Crippen LogP contribution is -2.04. The van der Waals surface area contributed by atoms with Crippen LogP contribution in [0, 0.1) is 5.82 Å². The molecule has 0 saturated heterocycles. The second-order valence-electron chi connectivity index (χ2n) is 3.84. The van der Waals surface area contributed by atoms with Gasteiger partial charge in [0, 0.05) is 12.1 Å². The maximum atomic E-state index is 13.8. The molecule has 0 radical (unpaired) electrons. The third-order valence-corrected chi connectivity index (χ3v) is 2.75. The molecule has 0 fully saturated rings. The van der Waals surface area contributed by atoms with Crippen LogP contribution in [0.4, 0.5) is 4.39 Å². The highest BCUT2D eigenvalue weighted by atomic mass is 35.5. The molecular weight excluding hydrogens is 289 g/mol. The number of esters is 1. The summed E-state index contributed by atoms with van der Waals surface area (Å²) in [5.41, 5.74) is 0.339. The number of benzene rings is 1. The number of hydrogen-bond donors (Lipinski definition) is 0. The first-order valence-electron chi connectivity index (χ1n) is 5.59. The van der Waals surface area contributed by atoms with Crippen molar-refractivity contribution in [3.63, 3.8) is 0 Å². The third kappa shape index (κ3) is 2.81. The lowest BCUT2D eigenvalue weighted by molar-refractivity contribution is 0.0559. The SMILES string of the molecule is COCc1nc(-c2ccc(Cl)cc2F)oc1C(=O)OC. The Balaban J connectivity index is 2.49. The number of ether oxygens (including phenoxy) is 2. The van der Waals surface area contributed by atoms with Crippen molar-refractivity contribution < 1.29 is 23.1 Å². The van der Waals surface area contributed by atoms with E-state index in [4.69, 9.17) is 20.8 Å². The van der Waals surface area contributed by atoms with Crippen LogP contribution in [0.15, 0.2) is 22.6 Å². The lowest BCUT2D eigenvalue weighted by Gasteiger charge is -1.98. The first-order valence-corrected chi connectivity index (χ1v) is 5.97. The van der Waals surface area contributed by atoms with Crippen LogP contribution in [-0.2, 0) is 16.1 Å². The van der Waals surface area contributed by atoms with Crippen LogP contribution in [-0.4, -0.2) is 25.2 Å². The molecule has 0 bridgehead atoms. The Bertz CT molecular complexity index is 641. The molecule has 0 aliphatic heterocycles. The molecule has 1 aromatic heterocycles. The van der Waals surface area contributed by atoms with Crippen LogP contribution < -0.4 is 0 Å². The van der Waals surface area contributed by atoms with Gasteiger partial charge in [-0.3, -0.25) is 0 Å². The number of aromatic nitrogens is 1. The van der Waals surface area contributed by atoms with E-state index in [2.05, 4.69) is 9.72 Å². The topological polar surface area (TPSA) is 61.6 Å². The van der Waals surface area contributed by atoms with E-state index in [1.54, 1.807) is 0 Å². The highest BCUT2D eigenvalue weighted by molar-refractivity contribution is 6.30. The molecule has 2 rings (SSSR count). The summed E-state index contributed by atoms with van der Waals surface area (Å²) in [4.78, 5) is 15.6. The van der Waals surface area contributed by atoms with Gasteiger partial charge >= 0.3 is 5.97 Å². The molecule has 2 aromatic rings. The molecule has 0 atom stereocenters. The molecule has 0 N–H and O–H groups in total. The van der Waals surface area contributed by atoms with Crippen LogP contribution in [0.1, 0.15) is 16.2 Å². The predicted octanol–water partition coefficient (Wildman–Crippen LogP) is 3.07. The number of nitrogens with zero attached hydrogens (tertiary/aromatic N) is 1. The number of rotatable bonds is 4. The second-order valence-corrected chi connectivity index (χ2v) is 4.28. The van der Waals surface area contributed by atoms with E-state index in [0.29, 0.717) is 0 Å². The highest BCUT2D eigenvalue weighted by Crippen LogP contribution is 2.27. The summed E-state index contributed by atoms with van der Waals surface area (Å²) >= 11 is 5.68. The molecule has 20 heavy (non-hydrogen) atoms. The van der Waals surface area contributed by atoms with Crippen molar-refractivity contribution >= 4 is 17.6 Å². The molecular formula is C13H11ClFNO4. The first kappa shape index (κ1) is 14.5. The van der Waals surface area contributed by atoms with Gasteiger partial charge in [-0.1, -0.05) is 11.6 Å². The summed E-state index contributed by atoms with van der Waals surface area (Å²) in [5, 5.41) is 0.253. The molecule has 0 unspecified atom stereocenters. The van der Waals surface area contributed by atoms with Crippen molar-refractivity contribution in [2.75, 3.05) is 14.2 Å². The van der Waals surface area contributed by atoms with E-state index in [9.17, 15) is 9.18 Å². The molecule has 7 heteroatoms. The van der Waals surface area contributed by atoms with E-state index in [-0.39, 0.29) is 34.5 Å². The highest BCUT2D eigenvalue weighted by Gasteiger charge is 2.23. The van der Waals surface area contributed by atoms with Gasteiger partial charge in [0.15, 0.2) is 0 Å². The van der Waals surface area contributed by atoms with E-state index in [1.165, 1.54) is 26.4 Å². The molecule has 0 aliphatic carbocycles. The Morgan fingerprint density at radius 1 is 1.45 bits per heavy atom. The van der Waals surface area contributed by atoms with E-state index < -0.39 is 11.8 Å². The Labute approximate surface area is 119 Å². The first-order chi connectivity index (χ1) is 9.56. The number of halogens is 2. The normalized spacial score (nSPS) is 10.6. The van der Waals surface area contributed by atoms with Crippen molar-refractivity contribution in [3.05, 3.63) is 40.5 Å². The fourth-order valence-corrected chi connectivity index (χ4v) is 1.78. The Morgan fingerprint density at radius 2 is 2.20 bits per heavy atom. The van der Waals surface area contributed by atoms with Gasteiger partial charge in [0.05, 0.1) is 19.3 Å². The minimum Gasteiger partial charge on any atom is -0.463 e. The fraction of sp³-hybridized carbons (Fsp3) is 0.231. The molecule has 0 spiro atoms. The third-order valence-electron chi connectivity index (χ3n) is 2.51. The molecule has 0 saturated carbocycles. The summed E-state index contributed by atoms with van der Waals surface area (Å²) < 4.78 is 28.6. The van der Waals surface area contributed by atoms with Gasteiger partial charge in [-0.2, -0.15) is 0 Å². The van der Waals surface area contributed by atoms with Gasteiger partial charge in [0.25, 0.3) is 0 Å². The monoisotopic (exact) mass is 299 g/mol. The predicted molar refractivity (Wildman–Crippen MR) is 69.0 cm³/mol. The maximum Gasteiger partial charge on any atom is 0.376 e. The van der Waals surface area contributed by atoms with Gasteiger partial charge < -0.3 is 13.9 Å². The largest absolute Gasteiger partial charge is 0.463 e. The molecule has 1 heterocycles. The maximum absolute atomic E-state index is 13.8. The Morgan fingerprint density at radius 3 is 2.80 bits per heavy atom. The van der Waals surface area contributed by atoms with E-state index >= 15 is 0 Å². The van der Waals surface area contributed by atoms with Crippen LogP contribution in [0.25, 0.3) is 11.5 Å². The number of carbonyl (C=O) groups is 1. The zero-order valence-corrected chi connectivity index (χ0v) is 11.5. The summed E-state index contributed by atoms with van der Waals surface area (Å²) in [6.45, 7) is 0.0448. The Kier molecular flexibility index (Phi) is 4.36. The summed E-state index contributed by atoms with van der Waals surface area (Å²) in [6.07, 6.45) is 0. The molecule has 1 aromatic carbocycles. The van der Waals surface area contributed by atoms with Crippen LogP contribution in [0.3, 0.4) is 0 Å². The fourth-order valence-electron chi connectivity index (χ4n) is 1.62. The smallest absolute Gasteiger partial charge is 0.376 e. The van der Waals surface area contributed by atoms with Gasteiger partial charge in [-0.15, -0.1) is 0 Å². The molecule has 5 nitrogen and oxygen atoms in total. The lowest BCUT2D eigenvalue weighted by atomic mass is 10.2. The van der Waals surface area contributed by atoms with Gasteiger partial charge in [-0.25, -0.2) is 14.2 Å². The van der Waals surface area contributed by atoms with E-state index in [0.717, 1.165) is 6.07 Å². The minimum absolute atomic E-state index is 0.0355. The van der Waals surface area contributed by atoms with Crippen molar-refractivity contribution in [2.24, 2.45) is 0 Å². The van der Waals surface area contributed by atoms with E-state index in [1.807, 2.05) is 0 Å². The summed E-state index contributed by atoms with van der Waals surface area (Å²) in [5.74, 6) is -1.45. The number of carbonyl (C=O) groups excluding carboxylic acids is 1. The van der Waals surface area contributed by atoms with Crippen molar-refractivity contribution in [3.8, 4) is 11.5 Å². The Hall–Kier alpha value is -1.92. The van der Waals surface area contributed by atoms with Gasteiger partial charge in [0.2, 0.25) is 11.7 Å². The zero-order chi connectivity index (χ0) is 14.7. The minimum atomic E-state index is -0.704. The molecule has 106 valence electrons. The van der Waals surface area contributed by atoms with Crippen LogP contribution >= 0.6 is 11.6 Å². The summed E-state index contributed by atoms with van der Waals surface area (Å²) in [6, 6.07) is 4.05. The van der Waals surface area contributed by atoms with Crippen molar-refractivity contribution in [1.29, 1.82) is 0 Å². The number of methoxy groups -OCH3 is 2. The standard InChI is InChI=1S/C13H11ClFNO4/c1-18-6-10-11(13(17)19-2)20-12(16-10)8-4-3-7(14)5-9(8)15/h3-5H,6H2,1-2H3. The van der Waals surface area contributed by atoms with Gasteiger partial charge in [-0.05, 0) is 18.2 Å².